The number of nitrogens with zero attached hydrogens (tertiary/aromatic N) is 1. The number of ether oxygens (including phenoxy) is 1. The van der Waals surface area contributed by atoms with Crippen LogP contribution in [-0.2, 0) is 0 Å². The first-order chi connectivity index (χ1) is 9.49. The number of carbonyl (C=O) groups is 1. The van der Waals surface area contributed by atoms with Crippen LogP contribution in [0.1, 0.15) is 9.67 Å². The topological polar surface area (TPSA) is 69.4 Å². The predicted molar refractivity (Wildman–Crippen MR) is 80.0 cm³/mol. The van der Waals surface area contributed by atoms with Gasteiger partial charge in [-0.2, -0.15) is 0 Å². The molecule has 0 unspecified atom stereocenters. The van der Waals surface area contributed by atoms with E-state index in [1.54, 1.807) is 11.4 Å². The van der Waals surface area contributed by atoms with Crippen LogP contribution in [0.4, 0.5) is 5.69 Å². The van der Waals surface area contributed by atoms with E-state index in [1.807, 2.05) is 0 Å². The molecule has 0 fully saturated rings. The molecule has 0 aliphatic rings. The second kappa shape index (κ2) is 6.34. The number of halogens is 2. The summed E-state index contributed by atoms with van der Waals surface area (Å²) in [5, 5.41) is 12.9. The van der Waals surface area contributed by atoms with Crippen molar-refractivity contribution in [3.8, 4) is 5.75 Å². The van der Waals surface area contributed by atoms with Crippen molar-refractivity contribution in [2.75, 3.05) is 6.61 Å². The fraction of sp³-hybridized carbons (Fsp3) is 0.0833. The minimum Gasteiger partial charge on any atom is -0.478 e. The van der Waals surface area contributed by atoms with E-state index in [2.05, 4.69) is 15.9 Å². The lowest BCUT2D eigenvalue weighted by atomic mass is 10.3. The molecule has 0 atom stereocenters. The summed E-state index contributed by atoms with van der Waals surface area (Å²) < 4.78 is 5.91. The van der Waals surface area contributed by atoms with Crippen LogP contribution in [0.15, 0.2) is 34.1 Å². The number of hydrogen-bond acceptors (Lipinski definition) is 5. The molecule has 0 radical (unpaired) electrons. The van der Waals surface area contributed by atoms with Crippen LogP contribution in [-0.4, -0.2) is 17.3 Å². The molecular weight excluding hydrogens is 370 g/mol. The summed E-state index contributed by atoms with van der Waals surface area (Å²) in [6, 6.07) is 5.70. The van der Waals surface area contributed by atoms with Gasteiger partial charge in [0.2, 0.25) is 5.78 Å². The van der Waals surface area contributed by atoms with Crippen LogP contribution >= 0.6 is 38.9 Å². The number of hydrogen-bond donors (Lipinski definition) is 0. The molecule has 0 saturated heterocycles. The van der Waals surface area contributed by atoms with Crippen molar-refractivity contribution in [2.45, 2.75) is 0 Å². The fourth-order valence-corrected chi connectivity index (χ4v) is 3.14. The van der Waals surface area contributed by atoms with E-state index in [1.165, 1.54) is 29.5 Å². The molecule has 20 heavy (non-hydrogen) atoms. The summed E-state index contributed by atoms with van der Waals surface area (Å²) in [6.07, 6.45) is 0. The fourth-order valence-electron chi connectivity index (χ4n) is 1.46. The van der Waals surface area contributed by atoms with Gasteiger partial charge in [0.05, 0.1) is 9.80 Å². The molecule has 0 amide bonds. The quantitative estimate of drug-likeness (QED) is 0.442. The summed E-state index contributed by atoms with van der Waals surface area (Å²) in [7, 11) is 0. The molecule has 0 N–H and O–H groups in total. The van der Waals surface area contributed by atoms with Gasteiger partial charge in [0.25, 0.3) is 0 Å². The monoisotopic (exact) mass is 375 g/mol. The van der Waals surface area contributed by atoms with E-state index in [0.29, 0.717) is 14.4 Å². The summed E-state index contributed by atoms with van der Waals surface area (Å²) in [6.45, 7) is -0.291. The lowest BCUT2D eigenvalue weighted by Gasteiger charge is -2.06. The molecule has 1 heterocycles. The first-order valence-electron chi connectivity index (χ1n) is 5.32. The number of ketones is 1. The minimum absolute atomic E-state index is 0.0245. The van der Waals surface area contributed by atoms with Crippen molar-refractivity contribution in [1.29, 1.82) is 0 Å². The van der Waals surface area contributed by atoms with Crippen molar-refractivity contribution in [3.05, 3.63) is 54.1 Å². The van der Waals surface area contributed by atoms with Gasteiger partial charge in [0.15, 0.2) is 12.4 Å². The Balaban J connectivity index is 2.15. The highest BCUT2D eigenvalue weighted by molar-refractivity contribution is 9.10. The van der Waals surface area contributed by atoms with Gasteiger partial charge in [0.1, 0.15) is 0 Å². The SMILES string of the molecule is O=C(COc1cc(Cl)ccc1[N+](=O)[O-])c1sccc1Br. The molecule has 104 valence electrons. The van der Waals surface area contributed by atoms with Gasteiger partial charge in [-0.05, 0) is 33.4 Å². The summed E-state index contributed by atoms with van der Waals surface area (Å²) in [5.41, 5.74) is -0.229. The van der Waals surface area contributed by atoms with Crippen LogP contribution in [0.2, 0.25) is 5.02 Å². The third kappa shape index (κ3) is 3.36. The van der Waals surface area contributed by atoms with E-state index in [4.69, 9.17) is 16.3 Å². The molecule has 1 aromatic carbocycles. The van der Waals surface area contributed by atoms with Gasteiger partial charge in [-0.3, -0.25) is 14.9 Å². The number of nitro benzene ring substituents is 1. The Kier molecular flexibility index (Phi) is 4.74. The molecule has 0 saturated carbocycles. The maximum atomic E-state index is 11.9. The van der Waals surface area contributed by atoms with E-state index < -0.39 is 4.92 Å². The van der Waals surface area contributed by atoms with Crippen molar-refractivity contribution >= 4 is 50.3 Å². The van der Waals surface area contributed by atoms with Crippen LogP contribution in [0.25, 0.3) is 0 Å². The van der Waals surface area contributed by atoms with Crippen molar-refractivity contribution in [3.63, 3.8) is 0 Å². The molecule has 1 aromatic heterocycles. The van der Waals surface area contributed by atoms with Crippen LogP contribution in [0, 0.1) is 10.1 Å². The van der Waals surface area contributed by atoms with Gasteiger partial charge in [-0.15, -0.1) is 11.3 Å². The molecule has 0 aliphatic carbocycles. The number of benzene rings is 1. The van der Waals surface area contributed by atoms with E-state index >= 15 is 0 Å². The highest BCUT2D eigenvalue weighted by Crippen LogP contribution is 2.30. The zero-order valence-electron chi connectivity index (χ0n) is 9.84. The Morgan fingerprint density at radius 3 is 2.80 bits per heavy atom. The number of nitro groups is 1. The Hall–Kier alpha value is -1.44. The van der Waals surface area contributed by atoms with Crippen LogP contribution in [0.5, 0.6) is 5.75 Å². The van der Waals surface area contributed by atoms with E-state index in [0.717, 1.165) is 0 Å². The lowest BCUT2D eigenvalue weighted by molar-refractivity contribution is -0.385. The standard InChI is InChI=1S/C12H7BrClNO4S/c13-8-3-4-20-12(8)10(16)6-19-11-5-7(14)1-2-9(11)15(17)18/h1-5H,6H2. The van der Waals surface area contributed by atoms with E-state index in [-0.39, 0.29) is 23.8 Å². The third-order valence-electron chi connectivity index (χ3n) is 2.35. The first-order valence-corrected chi connectivity index (χ1v) is 7.37. The van der Waals surface area contributed by atoms with Crippen molar-refractivity contribution < 1.29 is 14.5 Å². The molecule has 8 heteroatoms. The first kappa shape index (κ1) is 15.0. The molecule has 0 aliphatic heterocycles. The lowest BCUT2D eigenvalue weighted by Crippen LogP contribution is -2.11. The Bertz CT molecular complexity index is 673. The molecule has 2 aromatic rings. The van der Waals surface area contributed by atoms with Gasteiger partial charge in [0, 0.05) is 21.6 Å². The van der Waals surface area contributed by atoms with Crippen molar-refractivity contribution in [1.82, 2.24) is 0 Å². The molecule has 5 nitrogen and oxygen atoms in total. The normalized spacial score (nSPS) is 10.3. The molecular formula is C12H7BrClNO4S. The second-order valence-corrected chi connectivity index (χ2v) is 5.89. The van der Waals surface area contributed by atoms with E-state index in [9.17, 15) is 14.9 Å². The largest absolute Gasteiger partial charge is 0.478 e. The summed E-state index contributed by atoms with van der Waals surface area (Å²) in [5.74, 6) is -0.287. The zero-order valence-corrected chi connectivity index (χ0v) is 13.0. The Morgan fingerprint density at radius 2 is 2.20 bits per heavy atom. The number of thiophene rings is 1. The highest BCUT2D eigenvalue weighted by Gasteiger charge is 2.18. The number of carbonyl (C=O) groups excluding carboxylic acids is 1. The predicted octanol–water partition coefficient (Wildman–Crippen LogP) is 4.33. The van der Waals surface area contributed by atoms with Gasteiger partial charge in [-0.25, -0.2) is 0 Å². The average molecular weight is 377 g/mol. The van der Waals surface area contributed by atoms with Gasteiger partial charge >= 0.3 is 5.69 Å². The van der Waals surface area contributed by atoms with Crippen LogP contribution in [0.3, 0.4) is 0 Å². The Morgan fingerprint density at radius 1 is 1.45 bits per heavy atom. The Labute approximate surface area is 131 Å². The summed E-state index contributed by atoms with van der Waals surface area (Å²) in [4.78, 5) is 22.7. The van der Waals surface area contributed by atoms with Crippen molar-refractivity contribution in [2.24, 2.45) is 0 Å². The molecule has 2 rings (SSSR count). The number of Topliss-reactive ketones (excluding diaryl/α,β-unsaturated/α-hetero) is 1. The number of rotatable bonds is 5. The second-order valence-electron chi connectivity index (χ2n) is 3.68. The van der Waals surface area contributed by atoms with Gasteiger partial charge < -0.3 is 4.74 Å². The minimum atomic E-state index is -0.586. The summed E-state index contributed by atoms with van der Waals surface area (Å²) >= 11 is 10.3. The highest BCUT2D eigenvalue weighted by atomic mass is 79.9. The smallest absolute Gasteiger partial charge is 0.311 e. The maximum absolute atomic E-state index is 11.9. The zero-order chi connectivity index (χ0) is 14.7. The molecule has 0 spiro atoms. The average Bonchev–Trinajstić information content (AvgIpc) is 2.82. The third-order valence-corrected chi connectivity index (χ3v) is 4.46. The molecule has 0 bridgehead atoms. The van der Waals surface area contributed by atoms with Crippen LogP contribution < -0.4 is 4.74 Å². The van der Waals surface area contributed by atoms with Gasteiger partial charge in [-0.1, -0.05) is 11.6 Å². The maximum Gasteiger partial charge on any atom is 0.311 e.